The molecule has 3 fully saturated rings. The molecule has 30 heavy (non-hydrogen) atoms. The van der Waals surface area contributed by atoms with Crippen molar-refractivity contribution in [3.8, 4) is 0 Å². The summed E-state index contributed by atoms with van der Waals surface area (Å²) in [5.74, 6) is -0.340. The standard InChI is InChI=1S/C21H29N3O5S/c25-20-13-17(15-24(20)18-3-1-2-4-18)21(26)22-14-16-5-7-19(8-6-16)30(27,28)23-9-11-29-12-10-23/h5-8,17-18H,1-4,9-15H2,(H,22,26). The maximum Gasteiger partial charge on any atom is 0.243 e. The van der Waals surface area contributed by atoms with Crippen molar-refractivity contribution < 1.29 is 22.7 Å². The number of benzene rings is 1. The Morgan fingerprint density at radius 2 is 1.77 bits per heavy atom. The van der Waals surface area contributed by atoms with Crippen molar-refractivity contribution in [2.75, 3.05) is 32.8 Å². The van der Waals surface area contributed by atoms with Crippen LogP contribution in [0.5, 0.6) is 0 Å². The molecule has 1 aromatic carbocycles. The molecule has 9 heteroatoms. The van der Waals surface area contributed by atoms with Gasteiger partial charge in [0.25, 0.3) is 0 Å². The molecule has 1 atom stereocenters. The summed E-state index contributed by atoms with van der Waals surface area (Å²) in [6.45, 7) is 2.35. The van der Waals surface area contributed by atoms with Crippen LogP contribution in [0.4, 0.5) is 0 Å². The van der Waals surface area contributed by atoms with Gasteiger partial charge in [0, 0.05) is 38.6 Å². The number of amides is 2. The first-order valence-corrected chi connectivity index (χ1v) is 12.1. The highest BCUT2D eigenvalue weighted by Crippen LogP contribution is 2.29. The van der Waals surface area contributed by atoms with Crippen LogP contribution in [0.25, 0.3) is 0 Å². The summed E-state index contributed by atoms with van der Waals surface area (Å²) < 4.78 is 32.0. The lowest BCUT2D eigenvalue weighted by Gasteiger charge is -2.26. The Bertz CT molecular complexity index is 874. The van der Waals surface area contributed by atoms with E-state index in [2.05, 4.69) is 5.32 Å². The van der Waals surface area contributed by atoms with Crippen LogP contribution in [0.15, 0.2) is 29.2 Å². The molecule has 1 saturated carbocycles. The van der Waals surface area contributed by atoms with E-state index in [1.54, 1.807) is 24.3 Å². The fraction of sp³-hybridized carbons (Fsp3) is 0.619. The molecule has 1 N–H and O–H groups in total. The maximum atomic E-state index is 12.7. The molecule has 1 aliphatic carbocycles. The molecule has 0 spiro atoms. The summed E-state index contributed by atoms with van der Waals surface area (Å²) in [6.07, 6.45) is 4.67. The Hall–Kier alpha value is -1.97. The molecule has 8 nitrogen and oxygen atoms in total. The second-order valence-electron chi connectivity index (χ2n) is 8.26. The molecule has 0 radical (unpaired) electrons. The third-order valence-electron chi connectivity index (χ3n) is 6.29. The van der Waals surface area contributed by atoms with Crippen molar-refractivity contribution in [3.63, 3.8) is 0 Å². The van der Waals surface area contributed by atoms with Gasteiger partial charge in [-0.3, -0.25) is 9.59 Å². The number of ether oxygens (including phenoxy) is 1. The minimum atomic E-state index is -3.52. The van der Waals surface area contributed by atoms with Gasteiger partial charge < -0.3 is 15.0 Å². The van der Waals surface area contributed by atoms with Gasteiger partial charge in [-0.2, -0.15) is 4.31 Å². The van der Waals surface area contributed by atoms with Crippen molar-refractivity contribution in [1.82, 2.24) is 14.5 Å². The van der Waals surface area contributed by atoms with Gasteiger partial charge in [-0.15, -0.1) is 0 Å². The highest BCUT2D eigenvalue weighted by Gasteiger charge is 2.38. The predicted octanol–water partition coefficient (Wildman–Crippen LogP) is 1.11. The van der Waals surface area contributed by atoms with E-state index in [4.69, 9.17) is 4.74 Å². The van der Waals surface area contributed by atoms with E-state index in [1.807, 2.05) is 4.90 Å². The van der Waals surface area contributed by atoms with E-state index in [-0.39, 0.29) is 29.0 Å². The average molecular weight is 436 g/mol. The third-order valence-corrected chi connectivity index (χ3v) is 8.21. The molecule has 164 valence electrons. The van der Waals surface area contributed by atoms with Crippen LogP contribution >= 0.6 is 0 Å². The molecule has 0 aromatic heterocycles. The summed E-state index contributed by atoms with van der Waals surface area (Å²) in [6, 6.07) is 6.90. The van der Waals surface area contributed by atoms with Gasteiger partial charge >= 0.3 is 0 Å². The lowest BCUT2D eigenvalue weighted by molar-refractivity contribution is -0.130. The van der Waals surface area contributed by atoms with Crippen molar-refractivity contribution in [3.05, 3.63) is 29.8 Å². The number of hydrogen-bond acceptors (Lipinski definition) is 5. The van der Waals surface area contributed by atoms with Gasteiger partial charge in [0.1, 0.15) is 0 Å². The second kappa shape index (κ2) is 9.03. The van der Waals surface area contributed by atoms with Crippen molar-refractivity contribution >= 4 is 21.8 Å². The largest absolute Gasteiger partial charge is 0.379 e. The zero-order valence-electron chi connectivity index (χ0n) is 17.1. The lowest BCUT2D eigenvalue weighted by atomic mass is 10.1. The van der Waals surface area contributed by atoms with Gasteiger partial charge in [-0.05, 0) is 30.5 Å². The quantitative estimate of drug-likeness (QED) is 0.722. The van der Waals surface area contributed by atoms with Crippen molar-refractivity contribution in [2.45, 2.75) is 49.6 Å². The minimum Gasteiger partial charge on any atom is -0.379 e. The van der Waals surface area contributed by atoms with E-state index in [0.29, 0.717) is 45.4 Å². The molecule has 2 heterocycles. The minimum absolute atomic E-state index is 0.0831. The Kier molecular flexibility index (Phi) is 6.40. The van der Waals surface area contributed by atoms with Crippen LogP contribution in [0.1, 0.15) is 37.7 Å². The third kappa shape index (κ3) is 4.53. The lowest BCUT2D eigenvalue weighted by Crippen LogP contribution is -2.40. The Labute approximate surface area is 177 Å². The number of nitrogens with zero attached hydrogens (tertiary/aromatic N) is 2. The van der Waals surface area contributed by atoms with Crippen LogP contribution in [0.2, 0.25) is 0 Å². The molecule has 1 unspecified atom stereocenters. The van der Waals surface area contributed by atoms with E-state index >= 15 is 0 Å². The molecular formula is C21H29N3O5S. The second-order valence-corrected chi connectivity index (χ2v) is 10.2. The molecular weight excluding hydrogens is 406 g/mol. The maximum absolute atomic E-state index is 12.7. The Balaban J connectivity index is 1.31. The van der Waals surface area contributed by atoms with Crippen LogP contribution < -0.4 is 5.32 Å². The first-order chi connectivity index (χ1) is 14.4. The summed E-state index contributed by atoms with van der Waals surface area (Å²) in [5, 5.41) is 2.90. The molecule has 0 bridgehead atoms. The SMILES string of the molecule is O=C(NCc1ccc(S(=O)(=O)N2CCOCC2)cc1)C1CC(=O)N(C2CCCC2)C1. The number of likely N-dealkylation sites (tertiary alicyclic amines) is 1. The summed E-state index contributed by atoms with van der Waals surface area (Å²) in [4.78, 5) is 27.0. The molecule has 2 aliphatic heterocycles. The summed E-state index contributed by atoms with van der Waals surface area (Å²) in [5.41, 5.74) is 0.821. The zero-order chi connectivity index (χ0) is 21.1. The van der Waals surface area contributed by atoms with Gasteiger partial charge in [0.15, 0.2) is 0 Å². The summed E-state index contributed by atoms with van der Waals surface area (Å²) >= 11 is 0. The zero-order valence-corrected chi connectivity index (χ0v) is 17.9. The van der Waals surface area contributed by atoms with E-state index < -0.39 is 10.0 Å². The van der Waals surface area contributed by atoms with Crippen LogP contribution in [-0.2, 0) is 30.9 Å². The monoisotopic (exact) mass is 435 g/mol. The Morgan fingerprint density at radius 3 is 2.43 bits per heavy atom. The number of rotatable bonds is 6. The van der Waals surface area contributed by atoms with Crippen molar-refractivity contribution in [2.24, 2.45) is 5.92 Å². The number of carbonyl (C=O) groups is 2. The highest BCUT2D eigenvalue weighted by atomic mass is 32.2. The first kappa shape index (κ1) is 21.3. The van der Waals surface area contributed by atoms with Crippen LogP contribution in [0.3, 0.4) is 0 Å². The van der Waals surface area contributed by atoms with Gasteiger partial charge in [-0.1, -0.05) is 25.0 Å². The number of nitrogens with one attached hydrogen (secondary N) is 1. The molecule has 1 aromatic rings. The van der Waals surface area contributed by atoms with E-state index in [9.17, 15) is 18.0 Å². The number of carbonyl (C=O) groups excluding carboxylic acids is 2. The highest BCUT2D eigenvalue weighted by molar-refractivity contribution is 7.89. The van der Waals surface area contributed by atoms with E-state index in [0.717, 1.165) is 31.2 Å². The predicted molar refractivity (Wildman–Crippen MR) is 110 cm³/mol. The fourth-order valence-electron chi connectivity index (χ4n) is 4.52. The number of sulfonamides is 1. The number of hydrogen-bond donors (Lipinski definition) is 1. The fourth-order valence-corrected chi connectivity index (χ4v) is 5.93. The van der Waals surface area contributed by atoms with Crippen molar-refractivity contribution in [1.29, 1.82) is 0 Å². The molecule has 2 amide bonds. The first-order valence-electron chi connectivity index (χ1n) is 10.7. The smallest absolute Gasteiger partial charge is 0.243 e. The molecule has 3 aliphatic rings. The molecule has 4 rings (SSSR count). The number of morpholine rings is 1. The van der Waals surface area contributed by atoms with Gasteiger partial charge in [0.2, 0.25) is 21.8 Å². The Morgan fingerprint density at radius 1 is 1.10 bits per heavy atom. The average Bonchev–Trinajstić information content (AvgIpc) is 3.42. The normalized spacial score (nSPS) is 23.8. The van der Waals surface area contributed by atoms with Crippen LogP contribution in [0, 0.1) is 5.92 Å². The summed E-state index contributed by atoms with van der Waals surface area (Å²) in [7, 11) is -3.52. The van der Waals surface area contributed by atoms with Gasteiger partial charge in [-0.25, -0.2) is 8.42 Å². The topological polar surface area (TPSA) is 96.0 Å². The van der Waals surface area contributed by atoms with Crippen LogP contribution in [-0.4, -0.2) is 68.3 Å². The molecule has 2 saturated heterocycles. The van der Waals surface area contributed by atoms with Gasteiger partial charge in [0.05, 0.1) is 24.0 Å². The van der Waals surface area contributed by atoms with E-state index in [1.165, 1.54) is 4.31 Å².